The summed E-state index contributed by atoms with van der Waals surface area (Å²) < 4.78 is 0. The molecule has 0 aliphatic heterocycles. The lowest BCUT2D eigenvalue weighted by atomic mass is 10.4. The lowest BCUT2D eigenvalue weighted by Gasteiger charge is -2.04. The predicted molar refractivity (Wildman–Crippen MR) is 41.8 cm³/mol. The SMILES string of the molecule is CC(C)Nc1cnc(N)[nH]1. The van der Waals surface area contributed by atoms with Crippen molar-refractivity contribution in [3.8, 4) is 0 Å². The van der Waals surface area contributed by atoms with Gasteiger partial charge < -0.3 is 16.0 Å². The Morgan fingerprint density at radius 3 is 2.80 bits per heavy atom. The zero-order valence-corrected chi connectivity index (χ0v) is 6.18. The highest BCUT2D eigenvalue weighted by atomic mass is 15.1. The Morgan fingerprint density at radius 2 is 2.40 bits per heavy atom. The molecule has 1 aromatic rings. The van der Waals surface area contributed by atoms with E-state index in [2.05, 4.69) is 29.1 Å². The van der Waals surface area contributed by atoms with Gasteiger partial charge >= 0.3 is 0 Å². The molecule has 0 aromatic carbocycles. The number of nitrogens with one attached hydrogen (secondary N) is 2. The molecule has 0 saturated heterocycles. The van der Waals surface area contributed by atoms with Crippen LogP contribution in [0, 0.1) is 0 Å². The number of aromatic amines is 1. The maximum atomic E-state index is 5.35. The summed E-state index contributed by atoms with van der Waals surface area (Å²) in [5, 5.41) is 3.13. The van der Waals surface area contributed by atoms with E-state index >= 15 is 0 Å². The number of nitrogens with zero attached hydrogens (tertiary/aromatic N) is 1. The first-order chi connectivity index (χ1) is 4.68. The molecular formula is C6H12N4. The maximum Gasteiger partial charge on any atom is 0.199 e. The third-order valence-corrected chi connectivity index (χ3v) is 1.04. The molecular weight excluding hydrogens is 128 g/mol. The minimum absolute atomic E-state index is 0.403. The third kappa shape index (κ3) is 1.65. The number of imidazole rings is 1. The van der Waals surface area contributed by atoms with Gasteiger partial charge in [0.25, 0.3) is 0 Å². The van der Waals surface area contributed by atoms with Crippen LogP contribution in [0.25, 0.3) is 0 Å². The zero-order valence-electron chi connectivity index (χ0n) is 6.18. The molecule has 10 heavy (non-hydrogen) atoms. The van der Waals surface area contributed by atoms with Crippen LogP contribution in [0.3, 0.4) is 0 Å². The highest BCUT2D eigenvalue weighted by Crippen LogP contribution is 2.04. The summed E-state index contributed by atoms with van der Waals surface area (Å²) in [5.41, 5.74) is 5.35. The minimum atomic E-state index is 0.403. The molecule has 0 saturated carbocycles. The smallest absolute Gasteiger partial charge is 0.199 e. The standard InChI is InChI=1S/C6H12N4/c1-4(2)9-5-3-8-6(7)10-5/h3-4,9H,1-2H3,(H3,7,8,10). The molecule has 0 fully saturated rings. The van der Waals surface area contributed by atoms with E-state index in [1.165, 1.54) is 0 Å². The third-order valence-electron chi connectivity index (χ3n) is 1.04. The van der Waals surface area contributed by atoms with Crippen molar-refractivity contribution in [1.82, 2.24) is 9.97 Å². The number of aromatic nitrogens is 2. The van der Waals surface area contributed by atoms with E-state index in [0.29, 0.717) is 12.0 Å². The Labute approximate surface area is 59.8 Å². The first kappa shape index (κ1) is 6.92. The number of anilines is 2. The molecule has 4 N–H and O–H groups in total. The van der Waals surface area contributed by atoms with Gasteiger partial charge in [-0.1, -0.05) is 0 Å². The zero-order chi connectivity index (χ0) is 7.56. The monoisotopic (exact) mass is 140 g/mol. The molecule has 0 atom stereocenters. The van der Waals surface area contributed by atoms with E-state index in [0.717, 1.165) is 5.82 Å². The molecule has 0 amide bonds. The van der Waals surface area contributed by atoms with Crippen molar-refractivity contribution in [2.24, 2.45) is 0 Å². The van der Waals surface area contributed by atoms with Crippen molar-refractivity contribution in [1.29, 1.82) is 0 Å². The largest absolute Gasteiger partial charge is 0.369 e. The molecule has 0 aliphatic carbocycles. The summed E-state index contributed by atoms with van der Waals surface area (Å²) in [4.78, 5) is 6.69. The topological polar surface area (TPSA) is 66.7 Å². The molecule has 0 unspecified atom stereocenters. The van der Waals surface area contributed by atoms with Crippen LogP contribution in [-0.4, -0.2) is 16.0 Å². The Kier molecular flexibility index (Phi) is 1.80. The first-order valence-electron chi connectivity index (χ1n) is 3.25. The Bertz CT molecular complexity index is 203. The van der Waals surface area contributed by atoms with E-state index in [-0.39, 0.29) is 0 Å². The molecule has 0 aliphatic rings. The fourth-order valence-corrected chi connectivity index (χ4v) is 0.721. The van der Waals surface area contributed by atoms with E-state index in [1.807, 2.05) is 0 Å². The van der Waals surface area contributed by atoms with Crippen LogP contribution in [0.5, 0.6) is 0 Å². The molecule has 1 aromatic heterocycles. The molecule has 56 valence electrons. The van der Waals surface area contributed by atoms with Crippen LogP contribution in [0.4, 0.5) is 11.8 Å². The molecule has 1 rings (SSSR count). The summed E-state index contributed by atoms with van der Waals surface area (Å²) in [6, 6.07) is 0.403. The van der Waals surface area contributed by atoms with Crippen molar-refractivity contribution in [2.45, 2.75) is 19.9 Å². The maximum absolute atomic E-state index is 5.35. The fourth-order valence-electron chi connectivity index (χ4n) is 0.721. The lowest BCUT2D eigenvalue weighted by molar-refractivity contribution is 0.892. The molecule has 4 nitrogen and oxygen atoms in total. The molecule has 0 radical (unpaired) electrons. The summed E-state index contributed by atoms with van der Waals surface area (Å²) in [6.07, 6.45) is 1.68. The second-order valence-electron chi connectivity index (χ2n) is 2.48. The lowest BCUT2D eigenvalue weighted by Crippen LogP contribution is -2.09. The summed E-state index contributed by atoms with van der Waals surface area (Å²) >= 11 is 0. The highest BCUT2D eigenvalue weighted by Gasteiger charge is 1.96. The van der Waals surface area contributed by atoms with Crippen LogP contribution in [0.2, 0.25) is 0 Å². The number of H-pyrrole nitrogens is 1. The average Bonchev–Trinajstić information content (AvgIpc) is 2.13. The second-order valence-corrected chi connectivity index (χ2v) is 2.48. The summed E-state index contributed by atoms with van der Waals surface area (Å²) in [5.74, 6) is 1.32. The predicted octanol–water partition coefficient (Wildman–Crippen LogP) is 0.812. The van der Waals surface area contributed by atoms with Gasteiger partial charge in [-0.15, -0.1) is 0 Å². The van der Waals surface area contributed by atoms with Gasteiger partial charge in [-0.05, 0) is 13.8 Å². The quantitative estimate of drug-likeness (QED) is 0.569. The van der Waals surface area contributed by atoms with Crippen LogP contribution in [0.15, 0.2) is 6.20 Å². The number of nitrogen functional groups attached to an aromatic ring is 1. The van der Waals surface area contributed by atoms with Crippen molar-refractivity contribution in [2.75, 3.05) is 11.1 Å². The Hall–Kier alpha value is -1.19. The van der Waals surface area contributed by atoms with Gasteiger partial charge in [0, 0.05) is 6.04 Å². The number of nitrogens with two attached hydrogens (primary N) is 1. The van der Waals surface area contributed by atoms with Crippen LogP contribution >= 0.6 is 0 Å². The number of hydrogen-bond donors (Lipinski definition) is 3. The van der Waals surface area contributed by atoms with Crippen molar-refractivity contribution in [3.05, 3.63) is 6.20 Å². The van der Waals surface area contributed by atoms with Crippen LogP contribution in [0.1, 0.15) is 13.8 Å². The van der Waals surface area contributed by atoms with E-state index in [4.69, 9.17) is 5.73 Å². The first-order valence-corrected chi connectivity index (χ1v) is 3.25. The van der Waals surface area contributed by atoms with Gasteiger partial charge in [-0.2, -0.15) is 0 Å². The van der Waals surface area contributed by atoms with Crippen LogP contribution in [-0.2, 0) is 0 Å². The van der Waals surface area contributed by atoms with Crippen molar-refractivity contribution in [3.63, 3.8) is 0 Å². The van der Waals surface area contributed by atoms with E-state index in [1.54, 1.807) is 6.20 Å². The van der Waals surface area contributed by atoms with E-state index in [9.17, 15) is 0 Å². The van der Waals surface area contributed by atoms with Gasteiger partial charge in [-0.25, -0.2) is 4.98 Å². The Morgan fingerprint density at radius 1 is 1.70 bits per heavy atom. The molecule has 0 spiro atoms. The fraction of sp³-hybridized carbons (Fsp3) is 0.500. The van der Waals surface area contributed by atoms with Crippen LogP contribution < -0.4 is 11.1 Å². The average molecular weight is 140 g/mol. The molecule has 1 heterocycles. The molecule has 4 heteroatoms. The van der Waals surface area contributed by atoms with Gasteiger partial charge in [0.15, 0.2) is 5.95 Å². The second kappa shape index (κ2) is 2.60. The number of hydrogen-bond acceptors (Lipinski definition) is 3. The molecule has 0 bridgehead atoms. The summed E-state index contributed by atoms with van der Waals surface area (Å²) in [7, 11) is 0. The summed E-state index contributed by atoms with van der Waals surface area (Å²) in [6.45, 7) is 4.11. The Balaban J connectivity index is 2.58. The minimum Gasteiger partial charge on any atom is -0.369 e. The highest BCUT2D eigenvalue weighted by molar-refractivity contribution is 5.38. The van der Waals surface area contributed by atoms with Crippen molar-refractivity contribution >= 4 is 11.8 Å². The van der Waals surface area contributed by atoms with Crippen molar-refractivity contribution < 1.29 is 0 Å². The van der Waals surface area contributed by atoms with Gasteiger partial charge in [0.05, 0.1) is 6.20 Å². The normalized spacial score (nSPS) is 10.3. The van der Waals surface area contributed by atoms with Gasteiger partial charge in [0.1, 0.15) is 5.82 Å². The van der Waals surface area contributed by atoms with Gasteiger partial charge in [0.2, 0.25) is 0 Å². The van der Waals surface area contributed by atoms with Gasteiger partial charge in [-0.3, -0.25) is 0 Å². The number of rotatable bonds is 2. The van der Waals surface area contributed by atoms with E-state index < -0.39 is 0 Å².